The van der Waals surface area contributed by atoms with Gasteiger partial charge in [-0.05, 0) is 44.4 Å². The van der Waals surface area contributed by atoms with Crippen molar-refractivity contribution in [3.05, 3.63) is 41.2 Å². The van der Waals surface area contributed by atoms with Gasteiger partial charge in [0, 0.05) is 35.9 Å². The monoisotopic (exact) mass is 343 g/mol. The molecule has 1 aliphatic rings. The van der Waals surface area contributed by atoms with Crippen LogP contribution in [0.1, 0.15) is 36.7 Å². The molecule has 0 saturated heterocycles. The minimum atomic E-state index is 0.208. The second-order valence-electron chi connectivity index (χ2n) is 6.50. The Morgan fingerprint density at radius 2 is 2.08 bits per heavy atom. The largest absolute Gasteiger partial charge is 0.311 e. The molecule has 1 unspecified atom stereocenters. The van der Waals surface area contributed by atoms with E-state index in [0.717, 1.165) is 36.5 Å². The number of benzene rings is 1. The van der Waals surface area contributed by atoms with E-state index in [9.17, 15) is 4.79 Å². The van der Waals surface area contributed by atoms with Gasteiger partial charge in [0.25, 0.3) is 0 Å². The van der Waals surface area contributed by atoms with Crippen molar-refractivity contribution in [2.75, 3.05) is 11.4 Å². The first-order valence-electron chi connectivity index (χ1n) is 8.52. The summed E-state index contributed by atoms with van der Waals surface area (Å²) < 4.78 is 1.90. The third-order valence-electron chi connectivity index (χ3n) is 4.79. The first-order valence-corrected chi connectivity index (χ1v) is 9.40. The van der Waals surface area contributed by atoms with Crippen LogP contribution in [0.4, 0.5) is 5.69 Å². The molecule has 5 heteroatoms. The fraction of sp³-hybridized carbons (Fsp3) is 0.474. The maximum atomic E-state index is 12.9. The van der Waals surface area contributed by atoms with Crippen LogP contribution < -0.4 is 4.90 Å². The van der Waals surface area contributed by atoms with Crippen molar-refractivity contribution in [3.63, 3.8) is 0 Å². The normalized spacial score (nSPS) is 17.5. The van der Waals surface area contributed by atoms with E-state index in [4.69, 9.17) is 0 Å². The molecule has 1 atom stereocenters. The zero-order valence-corrected chi connectivity index (χ0v) is 15.7. The van der Waals surface area contributed by atoms with Crippen LogP contribution in [0.5, 0.6) is 0 Å². The van der Waals surface area contributed by atoms with E-state index >= 15 is 0 Å². The molecule has 0 radical (unpaired) electrons. The summed E-state index contributed by atoms with van der Waals surface area (Å²) in [5, 5.41) is 4.98. The SMILES string of the molecule is Cc1nn(C)c(C)c1CCC(=O)N1CCC(C)Sc2ccccc21. The number of carbonyl (C=O) groups is 1. The molecule has 0 saturated carbocycles. The molecule has 0 bridgehead atoms. The molecule has 0 spiro atoms. The van der Waals surface area contributed by atoms with Gasteiger partial charge in [-0.1, -0.05) is 19.1 Å². The number of hydrogen-bond acceptors (Lipinski definition) is 3. The standard InChI is InChI=1S/C19H25N3OS/c1-13-11-12-22(17-7-5-6-8-18(17)24-13)19(23)10-9-16-14(2)20-21(4)15(16)3/h5-8,13H,9-12H2,1-4H3. The Kier molecular flexibility index (Phi) is 4.99. The molecule has 128 valence electrons. The van der Waals surface area contributed by atoms with Crippen LogP contribution in [0.25, 0.3) is 0 Å². The molecule has 1 aromatic heterocycles. The van der Waals surface area contributed by atoms with Gasteiger partial charge < -0.3 is 4.90 Å². The zero-order valence-electron chi connectivity index (χ0n) is 14.9. The second-order valence-corrected chi connectivity index (χ2v) is 7.98. The van der Waals surface area contributed by atoms with Crippen molar-refractivity contribution >= 4 is 23.4 Å². The molecule has 0 fully saturated rings. The number of nitrogens with zero attached hydrogens (tertiary/aromatic N) is 3. The molecular weight excluding hydrogens is 318 g/mol. The van der Waals surface area contributed by atoms with Gasteiger partial charge in [-0.2, -0.15) is 5.10 Å². The highest BCUT2D eigenvalue weighted by Gasteiger charge is 2.24. The molecule has 1 amide bonds. The van der Waals surface area contributed by atoms with Gasteiger partial charge in [0.1, 0.15) is 0 Å². The highest BCUT2D eigenvalue weighted by molar-refractivity contribution is 8.00. The summed E-state index contributed by atoms with van der Waals surface area (Å²) in [5.41, 5.74) is 4.46. The summed E-state index contributed by atoms with van der Waals surface area (Å²) in [4.78, 5) is 16.1. The number of aromatic nitrogens is 2. The maximum Gasteiger partial charge on any atom is 0.227 e. The number of carbonyl (C=O) groups excluding carboxylic acids is 1. The Labute approximate surface area is 148 Å². The third-order valence-corrected chi connectivity index (χ3v) is 6.03. The van der Waals surface area contributed by atoms with Crippen molar-refractivity contribution in [1.29, 1.82) is 0 Å². The number of thioether (sulfide) groups is 1. The second kappa shape index (κ2) is 7.01. The number of hydrogen-bond donors (Lipinski definition) is 0. The van der Waals surface area contributed by atoms with E-state index in [2.05, 4.69) is 37.1 Å². The molecule has 1 aliphatic heterocycles. The lowest BCUT2D eigenvalue weighted by Gasteiger charge is -2.22. The molecule has 24 heavy (non-hydrogen) atoms. The molecule has 2 heterocycles. The number of fused-ring (bicyclic) bond motifs is 1. The van der Waals surface area contributed by atoms with Crippen LogP contribution in [0, 0.1) is 13.8 Å². The average molecular weight is 343 g/mol. The van der Waals surface area contributed by atoms with Crippen LogP contribution in [0.2, 0.25) is 0 Å². The fourth-order valence-corrected chi connectivity index (χ4v) is 4.40. The first-order chi connectivity index (χ1) is 11.5. The van der Waals surface area contributed by atoms with Gasteiger partial charge in [0.2, 0.25) is 5.91 Å². The topological polar surface area (TPSA) is 38.1 Å². The van der Waals surface area contributed by atoms with Crippen molar-refractivity contribution in [2.24, 2.45) is 7.05 Å². The fourth-order valence-electron chi connectivity index (χ4n) is 3.29. The van der Waals surface area contributed by atoms with Gasteiger partial charge in [-0.3, -0.25) is 9.48 Å². The van der Waals surface area contributed by atoms with Crippen molar-refractivity contribution < 1.29 is 4.79 Å². The predicted octanol–water partition coefficient (Wildman–Crippen LogP) is 3.89. The van der Waals surface area contributed by atoms with Gasteiger partial charge >= 0.3 is 0 Å². The Bertz CT molecular complexity index is 753. The van der Waals surface area contributed by atoms with E-state index in [-0.39, 0.29) is 5.91 Å². The van der Waals surface area contributed by atoms with Gasteiger partial charge in [0.15, 0.2) is 0 Å². The van der Waals surface area contributed by atoms with Crippen LogP contribution in [0.15, 0.2) is 29.2 Å². The van der Waals surface area contributed by atoms with E-state index in [0.29, 0.717) is 11.7 Å². The number of rotatable bonds is 3. The highest BCUT2D eigenvalue weighted by atomic mass is 32.2. The quantitative estimate of drug-likeness (QED) is 0.849. The van der Waals surface area contributed by atoms with Crippen LogP contribution in [-0.4, -0.2) is 27.5 Å². The molecule has 2 aromatic rings. The maximum absolute atomic E-state index is 12.9. The van der Waals surface area contributed by atoms with Crippen molar-refractivity contribution in [1.82, 2.24) is 9.78 Å². The number of aryl methyl sites for hydroxylation is 2. The zero-order chi connectivity index (χ0) is 17.3. The number of amides is 1. The molecular formula is C19H25N3OS. The minimum Gasteiger partial charge on any atom is -0.311 e. The van der Waals surface area contributed by atoms with E-state index in [1.165, 1.54) is 10.5 Å². The first kappa shape index (κ1) is 17.1. The third kappa shape index (κ3) is 3.36. The summed E-state index contributed by atoms with van der Waals surface area (Å²) in [6, 6.07) is 8.26. The highest BCUT2D eigenvalue weighted by Crippen LogP contribution is 2.37. The number of anilines is 1. The lowest BCUT2D eigenvalue weighted by Crippen LogP contribution is -2.32. The van der Waals surface area contributed by atoms with Gasteiger partial charge in [-0.15, -0.1) is 11.8 Å². The van der Waals surface area contributed by atoms with E-state index in [1.54, 1.807) is 0 Å². The molecule has 3 rings (SSSR count). The summed E-state index contributed by atoms with van der Waals surface area (Å²) >= 11 is 1.87. The van der Waals surface area contributed by atoms with Crippen LogP contribution in [-0.2, 0) is 18.3 Å². The predicted molar refractivity (Wildman–Crippen MR) is 99.7 cm³/mol. The molecule has 0 aliphatic carbocycles. The molecule has 0 N–H and O–H groups in total. The average Bonchev–Trinajstić information content (AvgIpc) is 2.71. The summed E-state index contributed by atoms with van der Waals surface area (Å²) in [7, 11) is 1.96. The smallest absolute Gasteiger partial charge is 0.227 e. The Balaban J connectivity index is 1.77. The minimum absolute atomic E-state index is 0.208. The lowest BCUT2D eigenvalue weighted by atomic mass is 10.1. The van der Waals surface area contributed by atoms with E-state index in [1.807, 2.05) is 41.4 Å². The van der Waals surface area contributed by atoms with E-state index < -0.39 is 0 Å². The lowest BCUT2D eigenvalue weighted by molar-refractivity contribution is -0.118. The van der Waals surface area contributed by atoms with Gasteiger partial charge in [-0.25, -0.2) is 0 Å². The summed E-state index contributed by atoms with van der Waals surface area (Å²) in [6.07, 6.45) is 2.31. The number of para-hydroxylation sites is 1. The Morgan fingerprint density at radius 3 is 2.79 bits per heavy atom. The summed E-state index contributed by atoms with van der Waals surface area (Å²) in [6.45, 7) is 7.12. The van der Waals surface area contributed by atoms with Gasteiger partial charge in [0.05, 0.1) is 11.4 Å². The molecule has 1 aromatic carbocycles. The van der Waals surface area contributed by atoms with Crippen molar-refractivity contribution in [3.8, 4) is 0 Å². The summed E-state index contributed by atoms with van der Waals surface area (Å²) in [5.74, 6) is 0.208. The molecule has 4 nitrogen and oxygen atoms in total. The van der Waals surface area contributed by atoms with Crippen LogP contribution in [0.3, 0.4) is 0 Å². The Morgan fingerprint density at radius 1 is 1.33 bits per heavy atom. The van der Waals surface area contributed by atoms with Crippen molar-refractivity contribution in [2.45, 2.75) is 50.2 Å². The van der Waals surface area contributed by atoms with Crippen LogP contribution >= 0.6 is 11.8 Å². The Hall–Kier alpha value is -1.75.